The molecule has 0 spiro atoms. The molecule has 0 aromatic heterocycles. The van der Waals surface area contributed by atoms with Gasteiger partial charge in [-0.05, 0) is 12.1 Å². The summed E-state index contributed by atoms with van der Waals surface area (Å²) >= 11 is 0. The van der Waals surface area contributed by atoms with E-state index in [2.05, 4.69) is 4.74 Å². The van der Waals surface area contributed by atoms with Crippen molar-refractivity contribution in [2.24, 2.45) is 0 Å². The Hall–Kier alpha value is -1.71. The second kappa shape index (κ2) is 2.41. The van der Waals surface area contributed by atoms with Crippen LogP contribution in [-0.2, 0) is 4.74 Å². The zero-order chi connectivity index (χ0) is 8.55. The number of fused-ring (bicyclic) bond motifs is 1. The normalized spacial score (nSPS) is 14.5. The van der Waals surface area contributed by atoms with Crippen molar-refractivity contribution in [2.75, 3.05) is 6.79 Å². The highest BCUT2D eigenvalue weighted by atomic mass is 16.7. The molecule has 1 aliphatic heterocycles. The summed E-state index contributed by atoms with van der Waals surface area (Å²) in [5.41, 5.74) is 0.101. The van der Waals surface area contributed by atoms with Crippen molar-refractivity contribution in [1.82, 2.24) is 0 Å². The fourth-order valence-corrected chi connectivity index (χ4v) is 1.06. The predicted molar refractivity (Wildman–Crippen MR) is 39.0 cm³/mol. The molecule has 1 N–H and O–H groups in total. The smallest absolute Gasteiger partial charge is 0.348 e. The van der Waals surface area contributed by atoms with E-state index in [-0.39, 0.29) is 18.1 Å². The first-order chi connectivity index (χ1) is 5.79. The van der Waals surface area contributed by atoms with Gasteiger partial charge in [0.1, 0.15) is 17.1 Å². The van der Waals surface area contributed by atoms with Gasteiger partial charge in [0, 0.05) is 0 Å². The van der Waals surface area contributed by atoms with Crippen LogP contribution in [0.25, 0.3) is 0 Å². The van der Waals surface area contributed by atoms with Gasteiger partial charge in [-0.25, -0.2) is 4.79 Å². The Kier molecular flexibility index (Phi) is 1.40. The van der Waals surface area contributed by atoms with E-state index >= 15 is 0 Å². The van der Waals surface area contributed by atoms with Crippen molar-refractivity contribution in [3.05, 3.63) is 23.8 Å². The zero-order valence-electron chi connectivity index (χ0n) is 6.11. The van der Waals surface area contributed by atoms with Gasteiger partial charge in [-0.15, -0.1) is 0 Å². The molecule has 4 heteroatoms. The molecular formula is C8H6O4. The molecule has 0 bridgehead atoms. The van der Waals surface area contributed by atoms with Gasteiger partial charge in [-0.3, -0.25) is 0 Å². The highest BCUT2D eigenvalue weighted by Crippen LogP contribution is 2.30. The maximum absolute atomic E-state index is 11.0. The molecule has 0 atom stereocenters. The Morgan fingerprint density at radius 3 is 2.92 bits per heavy atom. The quantitative estimate of drug-likeness (QED) is 0.582. The molecule has 1 aromatic rings. The Morgan fingerprint density at radius 1 is 1.33 bits per heavy atom. The molecule has 0 fully saturated rings. The second-order valence-electron chi connectivity index (χ2n) is 2.34. The standard InChI is InChI=1S/C8H6O4/c9-5-2-1-3-6-7(5)8(10)12-4-11-6/h1-3,9H,4H2. The highest BCUT2D eigenvalue weighted by molar-refractivity contribution is 5.96. The van der Waals surface area contributed by atoms with Gasteiger partial charge in [-0.1, -0.05) is 6.07 Å². The number of hydrogen-bond donors (Lipinski definition) is 1. The molecule has 0 aliphatic carbocycles. The zero-order valence-corrected chi connectivity index (χ0v) is 6.11. The van der Waals surface area contributed by atoms with Crippen molar-refractivity contribution in [3.8, 4) is 11.5 Å². The van der Waals surface area contributed by atoms with Gasteiger partial charge in [0.05, 0.1) is 0 Å². The van der Waals surface area contributed by atoms with Crippen LogP contribution in [0.4, 0.5) is 0 Å². The maximum Gasteiger partial charge on any atom is 0.348 e. The van der Waals surface area contributed by atoms with E-state index in [0.717, 1.165) is 0 Å². The summed E-state index contributed by atoms with van der Waals surface area (Å²) in [7, 11) is 0. The minimum atomic E-state index is -0.547. The molecule has 62 valence electrons. The fraction of sp³-hybridized carbons (Fsp3) is 0.125. The van der Waals surface area contributed by atoms with E-state index in [1.165, 1.54) is 6.07 Å². The van der Waals surface area contributed by atoms with Crippen LogP contribution in [-0.4, -0.2) is 17.9 Å². The first-order valence-corrected chi connectivity index (χ1v) is 3.41. The van der Waals surface area contributed by atoms with Crippen LogP contribution in [0.1, 0.15) is 10.4 Å². The molecule has 0 amide bonds. The Balaban J connectivity index is 2.60. The summed E-state index contributed by atoms with van der Waals surface area (Å²) in [4.78, 5) is 11.0. The summed E-state index contributed by atoms with van der Waals surface area (Å²) in [6, 6.07) is 4.62. The third-order valence-electron chi connectivity index (χ3n) is 1.61. The molecule has 1 aliphatic rings. The molecule has 0 radical (unpaired) electrons. The van der Waals surface area contributed by atoms with E-state index in [0.29, 0.717) is 5.75 Å². The van der Waals surface area contributed by atoms with Gasteiger partial charge >= 0.3 is 5.97 Å². The van der Waals surface area contributed by atoms with Crippen LogP contribution >= 0.6 is 0 Å². The van der Waals surface area contributed by atoms with Crippen LogP contribution in [0.2, 0.25) is 0 Å². The van der Waals surface area contributed by atoms with E-state index in [4.69, 9.17) is 4.74 Å². The highest BCUT2D eigenvalue weighted by Gasteiger charge is 2.22. The number of esters is 1. The van der Waals surface area contributed by atoms with Gasteiger partial charge in [0.2, 0.25) is 6.79 Å². The van der Waals surface area contributed by atoms with Crippen molar-refractivity contribution < 1.29 is 19.4 Å². The summed E-state index contributed by atoms with van der Waals surface area (Å²) in [6.45, 7) is -0.0880. The van der Waals surface area contributed by atoms with Crippen LogP contribution in [0, 0.1) is 0 Å². The van der Waals surface area contributed by atoms with E-state index in [1.54, 1.807) is 12.1 Å². The average Bonchev–Trinajstić information content (AvgIpc) is 2.04. The third kappa shape index (κ3) is 0.887. The molecule has 1 aromatic carbocycles. The van der Waals surface area contributed by atoms with Gasteiger partial charge in [-0.2, -0.15) is 0 Å². The van der Waals surface area contributed by atoms with Crippen molar-refractivity contribution in [2.45, 2.75) is 0 Å². The van der Waals surface area contributed by atoms with Crippen LogP contribution in [0.15, 0.2) is 18.2 Å². The van der Waals surface area contributed by atoms with Crippen LogP contribution in [0.3, 0.4) is 0 Å². The minimum Gasteiger partial charge on any atom is -0.507 e. The monoisotopic (exact) mass is 166 g/mol. The Morgan fingerprint density at radius 2 is 2.17 bits per heavy atom. The van der Waals surface area contributed by atoms with Crippen molar-refractivity contribution in [3.63, 3.8) is 0 Å². The first-order valence-electron chi connectivity index (χ1n) is 3.41. The molecule has 0 saturated heterocycles. The third-order valence-corrected chi connectivity index (χ3v) is 1.61. The lowest BCUT2D eigenvalue weighted by molar-refractivity contribution is 0.00439. The summed E-state index contributed by atoms with van der Waals surface area (Å²) in [6.07, 6.45) is 0. The summed E-state index contributed by atoms with van der Waals surface area (Å²) in [5.74, 6) is -0.294. The number of phenols is 1. The second-order valence-corrected chi connectivity index (χ2v) is 2.34. The SMILES string of the molecule is O=C1OCOc2cccc(O)c21. The van der Waals surface area contributed by atoms with E-state index in [1.807, 2.05) is 0 Å². The number of phenolic OH excluding ortho intramolecular Hbond substituents is 1. The molecule has 12 heavy (non-hydrogen) atoms. The summed E-state index contributed by atoms with van der Waals surface area (Å²) < 4.78 is 9.54. The summed E-state index contributed by atoms with van der Waals surface area (Å²) in [5, 5.41) is 9.25. The lowest BCUT2D eigenvalue weighted by atomic mass is 10.2. The first kappa shape index (κ1) is 6.97. The number of rotatable bonds is 0. The minimum absolute atomic E-state index is 0.0880. The van der Waals surface area contributed by atoms with Crippen LogP contribution in [0.5, 0.6) is 11.5 Å². The molecule has 0 saturated carbocycles. The predicted octanol–water partition coefficient (Wildman–Crippen LogP) is 0.899. The van der Waals surface area contributed by atoms with Gasteiger partial charge in [0.15, 0.2) is 0 Å². The number of cyclic esters (lactones) is 1. The number of hydrogen-bond acceptors (Lipinski definition) is 4. The number of ether oxygens (including phenoxy) is 2. The maximum atomic E-state index is 11.0. The lowest BCUT2D eigenvalue weighted by Crippen LogP contribution is -2.18. The largest absolute Gasteiger partial charge is 0.507 e. The van der Waals surface area contributed by atoms with Gasteiger partial charge < -0.3 is 14.6 Å². The lowest BCUT2D eigenvalue weighted by Gasteiger charge is -2.16. The number of carbonyl (C=O) groups is 1. The molecule has 0 unspecified atom stereocenters. The number of aromatic hydroxyl groups is 1. The van der Waals surface area contributed by atoms with E-state index in [9.17, 15) is 9.90 Å². The molecule has 2 rings (SSSR count). The number of carbonyl (C=O) groups excluding carboxylic acids is 1. The Bertz CT molecular complexity index is 332. The van der Waals surface area contributed by atoms with E-state index < -0.39 is 5.97 Å². The molecular weight excluding hydrogens is 160 g/mol. The molecule has 1 heterocycles. The number of benzene rings is 1. The van der Waals surface area contributed by atoms with Crippen molar-refractivity contribution >= 4 is 5.97 Å². The van der Waals surface area contributed by atoms with Gasteiger partial charge in [0.25, 0.3) is 0 Å². The molecule has 4 nitrogen and oxygen atoms in total. The van der Waals surface area contributed by atoms with Crippen LogP contribution < -0.4 is 4.74 Å². The average molecular weight is 166 g/mol. The Labute approximate surface area is 68.3 Å². The van der Waals surface area contributed by atoms with Crippen molar-refractivity contribution in [1.29, 1.82) is 0 Å². The fourth-order valence-electron chi connectivity index (χ4n) is 1.06. The topological polar surface area (TPSA) is 55.8 Å².